The molecule has 2 heterocycles. The molecule has 0 spiro atoms. The summed E-state index contributed by atoms with van der Waals surface area (Å²) in [7, 11) is 1.84. The summed E-state index contributed by atoms with van der Waals surface area (Å²) < 4.78 is 7.50. The molecule has 1 N–H and O–H groups in total. The summed E-state index contributed by atoms with van der Waals surface area (Å²) in [5, 5.41) is 3.01. The number of rotatable bonds is 5. The minimum atomic E-state index is 0.683. The fourth-order valence-corrected chi connectivity index (χ4v) is 2.09. The maximum atomic E-state index is 5.59. The molecule has 21 heavy (non-hydrogen) atoms. The summed E-state index contributed by atoms with van der Waals surface area (Å²) in [5.41, 5.74) is 1.95. The molecule has 0 amide bonds. The molecule has 0 radical (unpaired) electrons. The molecular weight excluding hydrogens is 264 g/mol. The number of anilines is 1. The topological polar surface area (TPSA) is 51.5 Å². The first-order valence-corrected chi connectivity index (χ1v) is 7.07. The predicted molar refractivity (Wildman–Crippen MR) is 83.8 cm³/mol. The van der Waals surface area contributed by atoms with Gasteiger partial charge in [0.15, 0.2) is 0 Å². The quantitative estimate of drug-likeness (QED) is 0.780. The highest BCUT2D eigenvalue weighted by atomic mass is 16.5. The molecule has 0 saturated carbocycles. The average molecular weight is 282 g/mol. The van der Waals surface area contributed by atoms with Gasteiger partial charge < -0.3 is 10.1 Å². The fraction of sp³-hybridized carbons (Fsp3) is 0.250. The van der Waals surface area contributed by atoms with Gasteiger partial charge in [-0.1, -0.05) is 6.92 Å². The molecule has 108 valence electrons. The smallest absolute Gasteiger partial charge is 0.236 e. The van der Waals surface area contributed by atoms with E-state index in [1.807, 2.05) is 54.2 Å². The van der Waals surface area contributed by atoms with Gasteiger partial charge in [-0.2, -0.15) is 4.98 Å². The van der Waals surface area contributed by atoms with Crippen LogP contribution in [0.2, 0.25) is 0 Å². The van der Waals surface area contributed by atoms with Gasteiger partial charge in [0, 0.05) is 25.0 Å². The van der Waals surface area contributed by atoms with Gasteiger partial charge in [-0.3, -0.25) is 4.40 Å². The molecule has 0 bridgehead atoms. The lowest BCUT2D eigenvalue weighted by molar-refractivity contribution is 0.317. The van der Waals surface area contributed by atoms with Crippen molar-refractivity contribution in [3.05, 3.63) is 42.7 Å². The summed E-state index contributed by atoms with van der Waals surface area (Å²) in [5.74, 6) is 2.38. The van der Waals surface area contributed by atoms with Crippen molar-refractivity contribution in [3.63, 3.8) is 0 Å². The van der Waals surface area contributed by atoms with Crippen molar-refractivity contribution >= 4 is 11.6 Å². The molecule has 0 aliphatic heterocycles. The third kappa shape index (κ3) is 2.81. The van der Waals surface area contributed by atoms with Crippen LogP contribution in [0.5, 0.6) is 5.75 Å². The number of hydrogen-bond donors (Lipinski definition) is 1. The molecule has 0 fully saturated rings. The minimum absolute atomic E-state index is 0.683. The number of aromatic nitrogens is 3. The zero-order chi connectivity index (χ0) is 14.7. The number of fused-ring (bicyclic) bond motifs is 1. The first-order chi connectivity index (χ1) is 10.3. The lowest BCUT2D eigenvalue weighted by Gasteiger charge is -2.04. The molecule has 0 unspecified atom stereocenters. The van der Waals surface area contributed by atoms with Gasteiger partial charge in [0.25, 0.3) is 0 Å². The minimum Gasteiger partial charge on any atom is -0.494 e. The average Bonchev–Trinajstić information content (AvgIpc) is 2.96. The Labute approximate surface area is 123 Å². The molecule has 5 heteroatoms. The summed E-state index contributed by atoms with van der Waals surface area (Å²) in [6, 6.07) is 9.90. The SMILES string of the molecule is CCCOc1ccc(-c2cn3ccc(NC)nc3n2)cc1. The molecular formula is C16H18N4O. The van der Waals surface area contributed by atoms with Crippen molar-refractivity contribution in [2.75, 3.05) is 19.0 Å². The van der Waals surface area contributed by atoms with E-state index in [0.717, 1.165) is 35.9 Å². The summed E-state index contributed by atoms with van der Waals surface area (Å²) >= 11 is 0. The number of nitrogens with one attached hydrogen (secondary N) is 1. The van der Waals surface area contributed by atoms with Gasteiger partial charge in [0.05, 0.1) is 12.3 Å². The summed E-state index contributed by atoms with van der Waals surface area (Å²) in [6.45, 7) is 2.84. The molecule has 3 aromatic rings. The maximum Gasteiger partial charge on any atom is 0.236 e. The molecule has 3 rings (SSSR count). The number of ether oxygens (including phenoxy) is 1. The van der Waals surface area contributed by atoms with Crippen molar-refractivity contribution in [3.8, 4) is 17.0 Å². The zero-order valence-electron chi connectivity index (χ0n) is 12.2. The molecule has 0 saturated heterocycles. The van der Waals surface area contributed by atoms with Gasteiger partial charge in [-0.05, 0) is 36.8 Å². The van der Waals surface area contributed by atoms with Crippen LogP contribution in [0.1, 0.15) is 13.3 Å². The van der Waals surface area contributed by atoms with Gasteiger partial charge in [-0.25, -0.2) is 4.98 Å². The Morgan fingerprint density at radius 2 is 1.95 bits per heavy atom. The first kappa shape index (κ1) is 13.4. The third-order valence-corrected chi connectivity index (χ3v) is 3.21. The van der Waals surface area contributed by atoms with Gasteiger partial charge in [0.1, 0.15) is 11.6 Å². The Bertz CT molecular complexity index is 734. The summed E-state index contributed by atoms with van der Waals surface area (Å²) in [6.07, 6.45) is 4.93. The van der Waals surface area contributed by atoms with Gasteiger partial charge in [0.2, 0.25) is 5.78 Å². The first-order valence-electron chi connectivity index (χ1n) is 7.07. The van der Waals surface area contributed by atoms with Crippen LogP contribution in [0, 0.1) is 0 Å². The number of nitrogens with zero attached hydrogens (tertiary/aromatic N) is 3. The van der Waals surface area contributed by atoms with Crippen molar-refractivity contribution < 1.29 is 4.74 Å². The Kier molecular flexibility index (Phi) is 3.73. The van der Waals surface area contributed by atoms with E-state index in [1.54, 1.807) is 0 Å². The van der Waals surface area contributed by atoms with Gasteiger partial charge >= 0.3 is 0 Å². The van der Waals surface area contributed by atoms with E-state index in [-0.39, 0.29) is 0 Å². The molecule has 1 aromatic carbocycles. The Morgan fingerprint density at radius 1 is 1.14 bits per heavy atom. The van der Waals surface area contributed by atoms with Crippen molar-refractivity contribution in [2.45, 2.75) is 13.3 Å². The third-order valence-electron chi connectivity index (χ3n) is 3.21. The summed E-state index contributed by atoms with van der Waals surface area (Å²) in [4.78, 5) is 8.97. The molecule has 5 nitrogen and oxygen atoms in total. The predicted octanol–water partition coefficient (Wildman–Crippen LogP) is 3.23. The number of benzene rings is 1. The molecule has 2 aromatic heterocycles. The second-order valence-electron chi connectivity index (χ2n) is 4.77. The van der Waals surface area contributed by atoms with E-state index in [9.17, 15) is 0 Å². The van der Waals surface area contributed by atoms with Crippen LogP contribution in [-0.2, 0) is 0 Å². The lowest BCUT2D eigenvalue weighted by atomic mass is 10.2. The van der Waals surface area contributed by atoms with E-state index >= 15 is 0 Å². The normalized spacial score (nSPS) is 10.8. The zero-order valence-corrected chi connectivity index (χ0v) is 12.2. The highest BCUT2D eigenvalue weighted by Gasteiger charge is 2.06. The second kappa shape index (κ2) is 5.83. The highest BCUT2D eigenvalue weighted by Crippen LogP contribution is 2.22. The van der Waals surface area contributed by atoms with Gasteiger partial charge in [-0.15, -0.1) is 0 Å². The van der Waals surface area contributed by atoms with E-state index in [2.05, 4.69) is 22.2 Å². The van der Waals surface area contributed by atoms with Crippen LogP contribution in [0.15, 0.2) is 42.7 Å². The van der Waals surface area contributed by atoms with Crippen LogP contribution in [0.25, 0.3) is 17.0 Å². The maximum absolute atomic E-state index is 5.59. The Hall–Kier alpha value is -2.56. The Morgan fingerprint density at radius 3 is 2.67 bits per heavy atom. The van der Waals surface area contributed by atoms with E-state index in [4.69, 9.17) is 4.74 Å². The number of imidazole rings is 1. The van der Waals surface area contributed by atoms with Crippen LogP contribution in [0.3, 0.4) is 0 Å². The van der Waals surface area contributed by atoms with Crippen molar-refractivity contribution in [2.24, 2.45) is 0 Å². The van der Waals surface area contributed by atoms with Crippen LogP contribution in [-0.4, -0.2) is 28.0 Å². The van der Waals surface area contributed by atoms with Crippen molar-refractivity contribution in [1.82, 2.24) is 14.4 Å². The van der Waals surface area contributed by atoms with E-state index in [1.165, 1.54) is 0 Å². The van der Waals surface area contributed by atoms with Crippen LogP contribution < -0.4 is 10.1 Å². The van der Waals surface area contributed by atoms with Crippen LogP contribution in [0.4, 0.5) is 5.82 Å². The molecule has 0 atom stereocenters. The fourth-order valence-electron chi connectivity index (χ4n) is 2.09. The second-order valence-corrected chi connectivity index (χ2v) is 4.77. The number of hydrogen-bond acceptors (Lipinski definition) is 4. The highest BCUT2D eigenvalue weighted by molar-refractivity contribution is 5.62. The van der Waals surface area contributed by atoms with E-state index < -0.39 is 0 Å². The standard InChI is InChI=1S/C16H18N4O/c1-3-10-21-13-6-4-12(5-7-13)14-11-20-9-8-15(17-2)19-16(20)18-14/h4-9,11H,3,10H2,1-2H3,(H,17,18,19). The molecule has 0 aliphatic rings. The van der Waals surface area contributed by atoms with Crippen molar-refractivity contribution in [1.29, 1.82) is 0 Å². The van der Waals surface area contributed by atoms with E-state index in [0.29, 0.717) is 5.78 Å². The lowest BCUT2D eigenvalue weighted by Crippen LogP contribution is -1.94. The monoisotopic (exact) mass is 282 g/mol. The Balaban J connectivity index is 1.89. The largest absolute Gasteiger partial charge is 0.494 e. The molecule has 0 aliphatic carbocycles. The van der Waals surface area contributed by atoms with Crippen LogP contribution >= 0.6 is 0 Å².